The zero-order valence-corrected chi connectivity index (χ0v) is 16.1. The van der Waals surface area contributed by atoms with Crippen LogP contribution in [0.2, 0.25) is 0 Å². The molecule has 0 aliphatic carbocycles. The summed E-state index contributed by atoms with van der Waals surface area (Å²) >= 11 is 0. The van der Waals surface area contributed by atoms with Crippen LogP contribution in [-0.2, 0) is 11.3 Å². The van der Waals surface area contributed by atoms with Crippen molar-refractivity contribution in [1.29, 1.82) is 0 Å². The number of carbonyl (C=O) groups is 1. The zero-order chi connectivity index (χ0) is 18.5. The number of amides is 1. The van der Waals surface area contributed by atoms with Gasteiger partial charge in [0.25, 0.3) is 0 Å². The first kappa shape index (κ1) is 18.6. The molecule has 1 aliphatic rings. The largest absolute Gasteiger partial charge is 0.314 e. The average Bonchev–Trinajstić information content (AvgIpc) is 2.69. The van der Waals surface area contributed by atoms with E-state index in [9.17, 15) is 4.79 Å². The second-order valence-corrected chi connectivity index (χ2v) is 7.15. The number of likely N-dealkylation sites (N-methyl/N-ethyl adjacent to an activating group) is 1. The highest BCUT2D eigenvalue weighted by Crippen LogP contribution is 2.17. The molecule has 1 amide bonds. The Morgan fingerprint density at radius 3 is 2.27 bits per heavy atom. The van der Waals surface area contributed by atoms with Crippen LogP contribution in [0.5, 0.6) is 0 Å². The van der Waals surface area contributed by atoms with Gasteiger partial charge in [-0.2, -0.15) is 0 Å². The van der Waals surface area contributed by atoms with E-state index in [4.69, 9.17) is 0 Å². The Kier molecular flexibility index (Phi) is 6.07. The van der Waals surface area contributed by atoms with E-state index in [1.165, 1.54) is 11.1 Å². The molecule has 0 aromatic heterocycles. The van der Waals surface area contributed by atoms with E-state index < -0.39 is 0 Å². The van der Waals surface area contributed by atoms with Gasteiger partial charge in [0.2, 0.25) is 5.91 Å². The van der Waals surface area contributed by atoms with Gasteiger partial charge in [-0.05, 0) is 37.1 Å². The van der Waals surface area contributed by atoms with E-state index in [-0.39, 0.29) is 11.9 Å². The SMILES string of the molecule is Cc1ccccc1CN1CCN([C@@H](C)C(=O)N(C)c2ccccc2)CC1. The van der Waals surface area contributed by atoms with Crippen molar-refractivity contribution in [3.05, 3.63) is 65.7 Å². The molecule has 2 aromatic rings. The summed E-state index contributed by atoms with van der Waals surface area (Å²) in [6, 6.07) is 18.3. The van der Waals surface area contributed by atoms with Gasteiger partial charge in [0, 0.05) is 45.5 Å². The highest BCUT2D eigenvalue weighted by Gasteiger charge is 2.28. The maximum atomic E-state index is 12.8. The van der Waals surface area contributed by atoms with Crippen LogP contribution in [0, 0.1) is 6.92 Å². The molecular weight excluding hydrogens is 322 g/mol. The van der Waals surface area contributed by atoms with E-state index >= 15 is 0 Å². The van der Waals surface area contributed by atoms with E-state index in [0.717, 1.165) is 38.4 Å². The van der Waals surface area contributed by atoms with Crippen molar-refractivity contribution in [2.24, 2.45) is 0 Å². The summed E-state index contributed by atoms with van der Waals surface area (Å²) < 4.78 is 0. The molecule has 1 atom stereocenters. The lowest BCUT2D eigenvalue weighted by atomic mass is 10.1. The van der Waals surface area contributed by atoms with Gasteiger partial charge in [-0.15, -0.1) is 0 Å². The van der Waals surface area contributed by atoms with Gasteiger partial charge in [0.1, 0.15) is 0 Å². The topological polar surface area (TPSA) is 26.8 Å². The lowest BCUT2D eigenvalue weighted by Crippen LogP contribution is -2.54. The lowest BCUT2D eigenvalue weighted by molar-refractivity contribution is -0.123. The Morgan fingerprint density at radius 1 is 1.00 bits per heavy atom. The second-order valence-electron chi connectivity index (χ2n) is 7.15. The van der Waals surface area contributed by atoms with Crippen LogP contribution in [-0.4, -0.2) is 55.0 Å². The number of para-hydroxylation sites is 1. The summed E-state index contributed by atoms with van der Waals surface area (Å²) in [5.74, 6) is 0.156. The number of nitrogens with zero attached hydrogens (tertiary/aromatic N) is 3. The van der Waals surface area contributed by atoms with Crippen LogP contribution in [0.25, 0.3) is 0 Å². The molecule has 4 nitrogen and oxygen atoms in total. The van der Waals surface area contributed by atoms with Gasteiger partial charge < -0.3 is 4.90 Å². The van der Waals surface area contributed by atoms with Gasteiger partial charge in [0.05, 0.1) is 6.04 Å². The van der Waals surface area contributed by atoms with Crippen LogP contribution in [0.15, 0.2) is 54.6 Å². The summed E-state index contributed by atoms with van der Waals surface area (Å²) in [6.07, 6.45) is 0. The second kappa shape index (κ2) is 8.47. The molecule has 138 valence electrons. The Labute approximate surface area is 157 Å². The summed E-state index contributed by atoms with van der Waals surface area (Å²) in [7, 11) is 1.86. The van der Waals surface area contributed by atoms with E-state index in [0.29, 0.717) is 0 Å². The fourth-order valence-corrected chi connectivity index (χ4v) is 3.55. The number of hydrogen-bond acceptors (Lipinski definition) is 3. The molecule has 3 rings (SSSR count). The first-order valence-corrected chi connectivity index (χ1v) is 9.40. The smallest absolute Gasteiger partial charge is 0.243 e. The monoisotopic (exact) mass is 351 g/mol. The number of hydrogen-bond donors (Lipinski definition) is 0. The third-order valence-corrected chi connectivity index (χ3v) is 5.44. The fraction of sp³-hybridized carbons (Fsp3) is 0.409. The Balaban J connectivity index is 1.54. The van der Waals surface area contributed by atoms with Gasteiger partial charge in [-0.3, -0.25) is 14.6 Å². The number of rotatable bonds is 5. The lowest BCUT2D eigenvalue weighted by Gasteiger charge is -2.38. The molecule has 4 heteroatoms. The zero-order valence-electron chi connectivity index (χ0n) is 16.1. The predicted molar refractivity (Wildman–Crippen MR) is 107 cm³/mol. The maximum Gasteiger partial charge on any atom is 0.243 e. The van der Waals surface area contributed by atoms with Crippen LogP contribution in [0.3, 0.4) is 0 Å². The number of benzene rings is 2. The Hall–Kier alpha value is -2.17. The van der Waals surface area contributed by atoms with E-state index in [1.54, 1.807) is 4.90 Å². The van der Waals surface area contributed by atoms with Crippen LogP contribution < -0.4 is 4.90 Å². The van der Waals surface area contributed by atoms with Crippen molar-refractivity contribution in [2.45, 2.75) is 26.4 Å². The molecule has 0 spiro atoms. The highest BCUT2D eigenvalue weighted by atomic mass is 16.2. The first-order valence-electron chi connectivity index (χ1n) is 9.40. The molecule has 0 radical (unpaired) electrons. The minimum atomic E-state index is -0.0965. The van der Waals surface area contributed by atoms with Crippen molar-refractivity contribution in [3.8, 4) is 0 Å². The average molecular weight is 351 g/mol. The minimum absolute atomic E-state index is 0.0965. The maximum absolute atomic E-state index is 12.8. The summed E-state index contributed by atoms with van der Waals surface area (Å²) in [5.41, 5.74) is 3.69. The van der Waals surface area contributed by atoms with Crippen LogP contribution in [0.4, 0.5) is 5.69 Å². The summed E-state index contributed by atoms with van der Waals surface area (Å²) in [4.78, 5) is 19.4. The molecule has 0 unspecified atom stereocenters. The molecular formula is C22H29N3O. The van der Waals surface area contributed by atoms with Crippen molar-refractivity contribution >= 4 is 11.6 Å². The molecule has 0 bridgehead atoms. The van der Waals surface area contributed by atoms with E-state index in [1.807, 2.05) is 44.3 Å². The molecule has 26 heavy (non-hydrogen) atoms. The fourth-order valence-electron chi connectivity index (χ4n) is 3.55. The van der Waals surface area contributed by atoms with Crippen LogP contribution in [0.1, 0.15) is 18.1 Å². The van der Waals surface area contributed by atoms with Gasteiger partial charge >= 0.3 is 0 Å². The highest BCUT2D eigenvalue weighted by molar-refractivity contribution is 5.96. The molecule has 2 aromatic carbocycles. The van der Waals surface area contributed by atoms with Gasteiger partial charge in [0.15, 0.2) is 0 Å². The molecule has 1 heterocycles. The molecule has 1 aliphatic heterocycles. The Bertz CT molecular complexity index is 723. The molecule has 1 fully saturated rings. The van der Waals surface area contributed by atoms with Gasteiger partial charge in [-0.1, -0.05) is 42.5 Å². The van der Waals surface area contributed by atoms with E-state index in [2.05, 4.69) is 41.0 Å². The van der Waals surface area contributed by atoms with Crippen molar-refractivity contribution in [3.63, 3.8) is 0 Å². The Morgan fingerprint density at radius 2 is 1.62 bits per heavy atom. The normalized spacial score (nSPS) is 17.0. The number of carbonyl (C=O) groups excluding carboxylic acids is 1. The van der Waals surface area contributed by atoms with Gasteiger partial charge in [-0.25, -0.2) is 0 Å². The minimum Gasteiger partial charge on any atom is -0.314 e. The van der Waals surface area contributed by atoms with Crippen LogP contribution >= 0.6 is 0 Å². The summed E-state index contributed by atoms with van der Waals surface area (Å²) in [6.45, 7) is 9.06. The van der Waals surface area contributed by atoms with Crippen molar-refractivity contribution in [1.82, 2.24) is 9.80 Å². The third-order valence-electron chi connectivity index (χ3n) is 5.44. The van der Waals surface area contributed by atoms with Crippen molar-refractivity contribution < 1.29 is 4.79 Å². The predicted octanol–water partition coefficient (Wildman–Crippen LogP) is 3.16. The first-order chi connectivity index (χ1) is 12.6. The summed E-state index contributed by atoms with van der Waals surface area (Å²) in [5, 5.41) is 0. The molecule has 0 saturated carbocycles. The standard InChI is InChI=1S/C22H29N3O/c1-18-9-7-8-10-20(18)17-24-13-15-25(16-14-24)19(2)22(26)23(3)21-11-5-4-6-12-21/h4-12,19H,13-17H2,1-3H3/t19-/m0/s1. The number of aryl methyl sites for hydroxylation is 1. The molecule has 1 saturated heterocycles. The van der Waals surface area contributed by atoms with Crippen molar-refractivity contribution in [2.75, 3.05) is 38.1 Å². The number of piperazine rings is 1. The number of anilines is 1. The quantitative estimate of drug-likeness (QED) is 0.828. The molecule has 0 N–H and O–H groups in total. The third kappa shape index (κ3) is 4.32.